The van der Waals surface area contributed by atoms with Gasteiger partial charge in [0, 0.05) is 6.54 Å². The number of amides is 1. The molecule has 16 heavy (non-hydrogen) atoms. The van der Waals surface area contributed by atoms with Gasteiger partial charge in [0.25, 0.3) is 0 Å². The standard InChI is InChI=1S/C11H23N3O2/c1-4-9(10(12)14-16)11(15)13-7-5-6-8(2)3/h8-9,16H,4-7H2,1-3H3,(H2,12,14)(H,13,15). The van der Waals surface area contributed by atoms with Gasteiger partial charge in [0.1, 0.15) is 0 Å². The predicted octanol–water partition coefficient (Wildman–Crippen LogP) is 1.31. The molecule has 0 aliphatic heterocycles. The summed E-state index contributed by atoms with van der Waals surface area (Å²) in [5.41, 5.74) is 5.42. The van der Waals surface area contributed by atoms with E-state index >= 15 is 0 Å². The minimum atomic E-state index is -0.524. The van der Waals surface area contributed by atoms with Gasteiger partial charge >= 0.3 is 0 Å². The Labute approximate surface area is 97.1 Å². The Morgan fingerprint density at radius 1 is 1.50 bits per heavy atom. The molecular weight excluding hydrogens is 206 g/mol. The lowest BCUT2D eigenvalue weighted by atomic mass is 10.0. The van der Waals surface area contributed by atoms with E-state index in [1.54, 1.807) is 0 Å². The van der Waals surface area contributed by atoms with Crippen LogP contribution in [0.25, 0.3) is 0 Å². The highest BCUT2D eigenvalue weighted by atomic mass is 16.4. The Morgan fingerprint density at radius 2 is 2.12 bits per heavy atom. The maximum absolute atomic E-state index is 11.6. The highest BCUT2D eigenvalue weighted by molar-refractivity contribution is 6.01. The van der Waals surface area contributed by atoms with E-state index in [2.05, 4.69) is 24.3 Å². The fourth-order valence-electron chi connectivity index (χ4n) is 1.44. The van der Waals surface area contributed by atoms with E-state index < -0.39 is 5.92 Å². The van der Waals surface area contributed by atoms with Crippen LogP contribution in [0.1, 0.15) is 40.0 Å². The van der Waals surface area contributed by atoms with Gasteiger partial charge in [0.15, 0.2) is 5.84 Å². The van der Waals surface area contributed by atoms with E-state index in [0.717, 1.165) is 12.8 Å². The Balaban J connectivity index is 3.94. The first-order chi connectivity index (χ1) is 7.52. The third-order valence-corrected chi connectivity index (χ3v) is 2.45. The first-order valence-corrected chi connectivity index (χ1v) is 5.78. The molecule has 1 amide bonds. The summed E-state index contributed by atoms with van der Waals surface area (Å²) < 4.78 is 0. The minimum Gasteiger partial charge on any atom is -0.409 e. The molecule has 1 atom stereocenters. The van der Waals surface area contributed by atoms with E-state index in [4.69, 9.17) is 10.9 Å². The molecule has 0 radical (unpaired) electrons. The van der Waals surface area contributed by atoms with E-state index in [9.17, 15) is 4.79 Å². The molecule has 0 heterocycles. The van der Waals surface area contributed by atoms with Crippen molar-refractivity contribution in [1.82, 2.24) is 5.32 Å². The molecule has 0 spiro atoms. The van der Waals surface area contributed by atoms with Gasteiger partial charge in [-0.3, -0.25) is 4.79 Å². The van der Waals surface area contributed by atoms with Gasteiger partial charge in [-0.05, 0) is 25.2 Å². The molecule has 0 rings (SSSR count). The maximum atomic E-state index is 11.6. The van der Waals surface area contributed by atoms with Crippen molar-refractivity contribution in [3.8, 4) is 0 Å². The molecule has 0 bridgehead atoms. The SMILES string of the molecule is CCC(C(=O)NCCCC(C)C)C(N)=NO. The van der Waals surface area contributed by atoms with E-state index in [0.29, 0.717) is 18.9 Å². The molecule has 0 aromatic heterocycles. The minimum absolute atomic E-state index is 0.0242. The largest absolute Gasteiger partial charge is 0.409 e. The molecule has 0 aliphatic carbocycles. The number of nitrogens with two attached hydrogens (primary N) is 1. The summed E-state index contributed by atoms with van der Waals surface area (Å²) in [5.74, 6) is -0.0718. The van der Waals surface area contributed by atoms with Crippen LogP contribution in [0.15, 0.2) is 5.16 Å². The van der Waals surface area contributed by atoms with Crippen LogP contribution in [-0.2, 0) is 4.79 Å². The van der Waals surface area contributed by atoms with Crippen molar-refractivity contribution in [2.75, 3.05) is 6.54 Å². The monoisotopic (exact) mass is 229 g/mol. The summed E-state index contributed by atoms with van der Waals surface area (Å²) in [6.07, 6.45) is 2.57. The number of nitrogens with zero attached hydrogens (tertiary/aromatic N) is 1. The van der Waals surface area contributed by atoms with Crippen molar-refractivity contribution >= 4 is 11.7 Å². The highest BCUT2D eigenvalue weighted by Crippen LogP contribution is 2.04. The smallest absolute Gasteiger partial charge is 0.230 e. The second-order valence-corrected chi connectivity index (χ2v) is 4.31. The summed E-state index contributed by atoms with van der Waals surface area (Å²) in [5, 5.41) is 14.2. The summed E-state index contributed by atoms with van der Waals surface area (Å²) in [4.78, 5) is 11.6. The number of hydrogen-bond acceptors (Lipinski definition) is 3. The highest BCUT2D eigenvalue weighted by Gasteiger charge is 2.20. The fraction of sp³-hybridized carbons (Fsp3) is 0.818. The van der Waals surface area contributed by atoms with Crippen LogP contribution >= 0.6 is 0 Å². The van der Waals surface area contributed by atoms with Crippen molar-refractivity contribution < 1.29 is 10.0 Å². The van der Waals surface area contributed by atoms with Gasteiger partial charge in [0.05, 0.1) is 5.92 Å². The van der Waals surface area contributed by atoms with Crippen LogP contribution in [0, 0.1) is 11.8 Å². The fourth-order valence-corrected chi connectivity index (χ4v) is 1.44. The topological polar surface area (TPSA) is 87.7 Å². The third-order valence-electron chi connectivity index (χ3n) is 2.45. The maximum Gasteiger partial charge on any atom is 0.230 e. The Morgan fingerprint density at radius 3 is 2.56 bits per heavy atom. The van der Waals surface area contributed by atoms with Gasteiger partial charge < -0.3 is 16.3 Å². The van der Waals surface area contributed by atoms with Crippen LogP contribution in [0.2, 0.25) is 0 Å². The van der Waals surface area contributed by atoms with E-state index in [1.165, 1.54) is 0 Å². The zero-order chi connectivity index (χ0) is 12.6. The van der Waals surface area contributed by atoms with Crippen molar-refractivity contribution in [3.05, 3.63) is 0 Å². The van der Waals surface area contributed by atoms with Crippen molar-refractivity contribution in [2.45, 2.75) is 40.0 Å². The molecular formula is C11H23N3O2. The number of carbonyl (C=O) groups excluding carboxylic acids is 1. The Kier molecular flexibility index (Phi) is 7.33. The predicted molar refractivity (Wildman–Crippen MR) is 64.3 cm³/mol. The first kappa shape index (κ1) is 14.7. The van der Waals surface area contributed by atoms with Gasteiger partial charge in [-0.1, -0.05) is 25.9 Å². The van der Waals surface area contributed by atoms with E-state index in [1.807, 2.05) is 6.92 Å². The van der Waals surface area contributed by atoms with Gasteiger partial charge in [-0.25, -0.2) is 0 Å². The number of carbonyl (C=O) groups is 1. The molecule has 0 fully saturated rings. The summed E-state index contributed by atoms with van der Waals surface area (Å²) in [6.45, 7) is 6.77. The molecule has 0 aromatic rings. The van der Waals surface area contributed by atoms with Crippen molar-refractivity contribution in [1.29, 1.82) is 0 Å². The quantitative estimate of drug-likeness (QED) is 0.202. The molecule has 0 aliphatic rings. The molecule has 0 saturated heterocycles. The number of oxime groups is 1. The Hall–Kier alpha value is -1.26. The first-order valence-electron chi connectivity index (χ1n) is 5.78. The zero-order valence-corrected chi connectivity index (χ0v) is 10.4. The van der Waals surface area contributed by atoms with Crippen LogP contribution in [-0.4, -0.2) is 23.5 Å². The third kappa shape index (κ3) is 5.58. The summed E-state index contributed by atoms with van der Waals surface area (Å²) >= 11 is 0. The molecule has 4 N–H and O–H groups in total. The molecule has 94 valence electrons. The van der Waals surface area contributed by atoms with Crippen LogP contribution in [0.3, 0.4) is 0 Å². The Bertz CT molecular complexity index is 239. The number of nitrogens with one attached hydrogen (secondary N) is 1. The molecule has 5 nitrogen and oxygen atoms in total. The lowest BCUT2D eigenvalue weighted by Crippen LogP contribution is -2.39. The number of rotatable bonds is 7. The molecule has 5 heteroatoms. The molecule has 0 saturated carbocycles. The second kappa shape index (κ2) is 7.96. The number of amidine groups is 1. The zero-order valence-electron chi connectivity index (χ0n) is 10.4. The van der Waals surface area contributed by atoms with Crippen molar-refractivity contribution in [3.63, 3.8) is 0 Å². The lowest BCUT2D eigenvalue weighted by Gasteiger charge is -2.13. The molecule has 0 aromatic carbocycles. The summed E-state index contributed by atoms with van der Waals surface area (Å²) in [6, 6.07) is 0. The normalized spacial score (nSPS) is 13.9. The number of hydrogen-bond donors (Lipinski definition) is 3. The van der Waals surface area contributed by atoms with Crippen LogP contribution < -0.4 is 11.1 Å². The van der Waals surface area contributed by atoms with Gasteiger partial charge in [0.2, 0.25) is 5.91 Å². The van der Waals surface area contributed by atoms with Crippen LogP contribution in [0.5, 0.6) is 0 Å². The second-order valence-electron chi connectivity index (χ2n) is 4.31. The van der Waals surface area contributed by atoms with Crippen molar-refractivity contribution in [2.24, 2.45) is 22.7 Å². The van der Waals surface area contributed by atoms with E-state index in [-0.39, 0.29) is 11.7 Å². The lowest BCUT2D eigenvalue weighted by molar-refractivity contribution is -0.123. The van der Waals surface area contributed by atoms with Crippen LogP contribution in [0.4, 0.5) is 0 Å². The molecule has 1 unspecified atom stereocenters. The average molecular weight is 229 g/mol. The van der Waals surface area contributed by atoms with Gasteiger partial charge in [-0.2, -0.15) is 0 Å². The average Bonchev–Trinajstić information content (AvgIpc) is 2.24. The summed E-state index contributed by atoms with van der Waals surface area (Å²) in [7, 11) is 0. The van der Waals surface area contributed by atoms with Gasteiger partial charge in [-0.15, -0.1) is 0 Å².